The molecule has 3 aromatic carbocycles. The Labute approximate surface area is 296 Å². The van der Waals surface area contributed by atoms with E-state index in [0.717, 1.165) is 5.56 Å². The molecule has 0 radical (unpaired) electrons. The number of carbonyl (C=O) groups excluding carboxylic acids is 2. The molecule has 49 heavy (non-hydrogen) atoms. The highest BCUT2D eigenvalue weighted by molar-refractivity contribution is 6.35. The molecule has 0 saturated heterocycles. The predicted molar refractivity (Wildman–Crippen MR) is 188 cm³/mol. The molecule has 3 aromatic rings. The monoisotopic (exact) mass is 715 g/mol. The first-order valence-corrected chi connectivity index (χ1v) is 16.7. The fraction of sp³-hybridized carbons (Fsp3) is 0.417. The lowest BCUT2D eigenvalue weighted by atomic mass is 9.83. The maximum absolute atomic E-state index is 14.4. The summed E-state index contributed by atoms with van der Waals surface area (Å²) in [7, 11) is 3.18. The molecule has 264 valence electrons. The summed E-state index contributed by atoms with van der Waals surface area (Å²) in [6.45, 7) is 6.04. The molecule has 0 aromatic heterocycles. The number of amides is 1. The van der Waals surface area contributed by atoms with Crippen molar-refractivity contribution in [2.45, 2.75) is 63.7 Å². The Kier molecular flexibility index (Phi) is 13.2. The minimum absolute atomic E-state index is 0.0227. The summed E-state index contributed by atoms with van der Waals surface area (Å²) in [6, 6.07) is 17.4. The Bertz CT molecular complexity index is 1630. The van der Waals surface area contributed by atoms with Gasteiger partial charge >= 0.3 is 5.97 Å². The SMILES string of the molecule is COc1ccc(OC)c(CCNNC(=O)[C@@]2(CCC(=O)OC(C)(C)C)N=C(c3ccc(OCCCO)cc3)O[C@H]2c2ccc(Cl)cc2Cl)c1. The third-order valence-electron chi connectivity index (χ3n) is 7.61. The van der Waals surface area contributed by atoms with Crippen LogP contribution in [0.5, 0.6) is 17.2 Å². The van der Waals surface area contributed by atoms with E-state index < -0.39 is 29.1 Å². The second-order valence-electron chi connectivity index (χ2n) is 12.4. The Morgan fingerprint density at radius 1 is 1.00 bits per heavy atom. The maximum Gasteiger partial charge on any atom is 0.306 e. The van der Waals surface area contributed by atoms with E-state index in [9.17, 15) is 9.59 Å². The van der Waals surface area contributed by atoms with Crippen molar-refractivity contribution in [3.05, 3.63) is 87.4 Å². The molecule has 0 unspecified atom stereocenters. The van der Waals surface area contributed by atoms with Crippen LogP contribution in [0.1, 0.15) is 62.8 Å². The van der Waals surface area contributed by atoms with Gasteiger partial charge in [0.1, 0.15) is 22.8 Å². The number of hydrogen-bond donors (Lipinski definition) is 3. The number of halogens is 2. The molecule has 2 atom stereocenters. The first-order valence-electron chi connectivity index (χ1n) is 15.9. The van der Waals surface area contributed by atoms with E-state index in [-0.39, 0.29) is 30.4 Å². The van der Waals surface area contributed by atoms with Crippen LogP contribution >= 0.6 is 23.2 Å². The van der Waals surface area contributed by atoms with Crippen LogP contribution < -0.4 is 25.1 Å². The number of nitrogens with zero attached hydrogens (tertiary/aromatic N) is 1. The van der Waals surface area contributed by atoms with Crippen molar-refractivity contribution in [2.75, 3.05) is 34.0 Å². The van der Waals surface area contributed by atoms with Gasteiger partial charge in [0.15, 0.2) is 11.6 Å². The second kappa shape index (κ2) is 17.1. The standard InChI is InChI=1S/C36H43Cl2N3O8/c1-35(2,3)49-31(43)15-17-36(34(44)41-39-18-16-24-21-27(45-4)12-14-30(24)46-5)32(28-13-9-25(37)22-29(28)38)48-33(40-36)23-7-10-26(11-8-23)47-20-6-19-42/h7-14,21-22,32,39,42H,6,15-20H2,1-5H3,(H,41,44)/t32-,36-/m0/s1. The second-order valence-corrected chi connectivity index (χ2v) is 13.2. The number of hydrazine groups is 1. The number of ether oxygens (including phenoxy) is 5. The Hall–Kier alpha value is -4.03. The van der Waals surface area contributed by atoms with Gasteiger partial charge in [0.25, 0.3) is 5.91 Å². The Morgan fingerprint density at radius 3 is 2.39 bits per heavy atom. The molecule has 0 bridgehead atoms. The molecule has 13 heteroatoms. The lowest BCUT2D eigenvalue weighted by Crippen LogP contribution is -2.53. The van der Waals surface area contributed by atoms with Gasteiger partial charge in [-0.05, 0) is 93.8 Å². The average Bonchev–Trinajstić information content (AvgIpc) is 3.45. The molecule has 1 aliphatic rings. The van der Waals surface area contributed by atoms with Crippen LogP contribution in [0.2, 0.25) is 10.0 Å². The summed E-state index contributed by atoms with van der Waals surface area (Å²) in [5, 5.41) is 9.75. The number of rotatable bonds is 16. The van der Waals surface area contributed by atoms with E-state index in [1.165, 1.54) is 0 Å². The van der Waals surface area contributed by atoms with Crippen LogP contribution in [0.4, 0.5) is 0 Å². The summed E-state index contributed by atoms with van der Waals surface area (Å²) < 4.78 is 28.6. The highest BCUT2D eigenvalue weighted by atomic mass is 35.5. The topological polar surface area (TPSA) is 137 Å². The maximum atomic E-state index is 14.4. The number of carbonyl (C=O) groups is 2. The zero-order valence-corrected chi connectivity index (χ0v) is 29.8. The van der Waals surface area contributed by atoms with Crippen LogP contribution in [0.15, 0.2) is 65.7 Å². The first kappa shape index (κ1) is 37.8. The number of methoxy groups -OCH3 is 2. The predicted octanol–water partition coefficient (Wildman–Crippen LogP) is 6.01. The third kappa shape index (κ3) is 10.0. The number of esters is 1. The highest BCUT2D eigenvalue weighted by Gasteiger charge is 2.54. The van der Waals surface area contributed by atoms with Gasteiger partial charge in [-0.1, -0.05) is 29.3 Å². The van der Waals surface area contributed by atoms with E-state index in [0.29, 0.717) is 59.4 Å². The molecule has 1 heterocycles. The normalized spacial score (nSPS) is 17.1. The fourth-order valence-corrected chi connectivity index (χ4v) is 5.78. The summed E-state index contributed by atoms with van der Waals surface area (Å²) in [5.74, 6) is 1.11. The van der Waals surface area contributed by atoms with E-state index >= 15 is 0 Å². The number of aliphatic hydroxyl groups is 1. The zero-order valence-electron chi connectivity index (χ0n) is 28.3. The number of nitrogens with one attached hydrogen (secondary N) is 2. The van der Waals surface area contributed by atoms with Crippen molar-refractivity contribution in [2.24, 2.45) is 4.99 Å². The van der Waals surface area contributed by atoms with Crippen molar-refractivity contribution in [1.82, 2.24) is 10.9 Å². The van der Waals surface area contributed by atoms with Crippen molar-refractivity contribution < 1.29 is 38.4 Å². The molecule has 0 aliphatic carbocycles. The smallest absolute Gasteiger partial charge is 0.306 e. The van der Waals surface area contributed by atoms with Crippen LogP contribution in [0.25, 0.3) is 0 Å². The number of hydrogen-bond acceptors (Lipinski definition) is 10. The molecular weight excluding hydrogens is 673 g/mol. The quantitative estimate of drug-likeness (QED) is 0.0925. The molecule has 1 aliphatic heterocycles. The number of aliphatic hydroxyl groups excluding tert-OH is 1. The van der Waals surface area contributed by atoms with Gasteiger partial charge in [0.05, 0.1) is 20.8 Å². The van der Waals surface area contributed by atoms with Crippen LogP contribution in [-0.4, -0.2) is 68.0 Å². The summed E-state index contributed by atoms with van der Waals surface area (Å²) in [4.78, 5) is 32.3. The highest BCUT2D eigenvalue weighted by Crippen LogP contribution is 2.45. The van der Waals surface area contributed by atoms with E-state index in [4.69, 9.17) is 57.0 Å². The molecule has 1 amide bonds. The minimum atomic E-state index is -1.65. The largest absolute Gasteiger partial charge is 0.497 e. The Balaban J connectivity index is 1.67. The molecule has 0 saturated carbocycles. The van der Waals surface area contributed by atoms with Crippen LogP contribution in [0, 0.1) is 0 Å². The molecular formula is C36H43Cl2N3O8. The van der Waals surface area contributed by atoms with Gasteiger partial charge in [-0.3, -0.25) is 15.0 Å². The summed E-state index contributed by atoms with van der Waals surface area (Å²) in [6.07, 6.45) is -0.233. The molecule has 0 spiro atoms. The summed E-state index contributed by atoms with van der Waals surface area (Å²) >= 11 is 12.9. The third-order valence-corrected chi connectivity index (χ3v) is 8.18. The average molecular weight is 717 g/mol. The van der Waals surface area contributed by atoms with Crippen molar-refractivity contribution >= 4 is 41.0 Å². The zero-order chi connectivity index (χ0) is 35.6. The number of benzene rings is 3. The van der Waals surface area contributed by atoms with E-state index in [1.54, 1.807) is 77.5 Å². The fourth-order valence-electron chi connectivity index (χ4n) is 5.27. The van der Waals surface area contributed by atoms with Crippen LogP contribution in [0.3, 0.4) is 0 Å². The molecule has 0 fully saturated rings. The van der Waals surface area contributed by atoms with Crippen molar-refractivity contribution in [1.29, 1.82) is 0 Å². The number of aliphatic imine (C=N–C) groups is 1. The molecule has 4 rings (SSSR count). The van der Waals surface area contributed by atoms with Gasteiger partial charge in [-0.25, -0.2) is 10.4 Å². The van der Waals surface area contributed by atoms with Gasteiger partial charge in [-0.2, -0.15) is 0 Å². The Morgan fingerprint density at radius 2 is 1.73 bits per heavy atom. The summed E-state index contributed by atoms with van der Waals surface area (Å²) in [5.41, 5.74) is 5.36. The van der Waals surface area contributed by atoms with Crippen molar-refractivity contribution in [3.63, 3.8) is 0 Å². The van der Waals surface area contributed by atoms with Crippen LogP contribution in [-0.2, 0) is 25.5 Å². The first-order chi connectivity index (χ1) is 23.4. The lowest BCUT2D eigenvalue weighted by molar-refractivity contribution is -0.155. The lowest BCUT2D eigenvalue weighted by Gasteiger charge is -2.31. The van der Waals surface area contributed by atoms with Gasteiger partial charge in [-0.15, -0.1) is 0 Å². The van der Waals surface area contributed by atoms with E-state index in [2.05, 4.69) is 10.9 Å². The minimum Gasteiger partial charge on any atom is -0.497 e. The van der Waals surface area contributed by atoms with Gasteiger partial charge < -0.3 is 28.8 Å². The van der Waals surface area contributed by atoms with Crippen molar-refractivity contribution in [3.8, 4) is 17.2 Å². The molecule has 3 N–H and O–H groups in total. The van der Waals surface area contributed by atoms with E-state index in [1.807, 2.05) is 18.2 Å². The van der Waals surface area contributed by atoms with Gasteiger partial charge in [0.2, 0.25) is 5.90 Å². The molecule has 11 nitrogen and oxygen atoms in total. The van der Waals surface area contributed by atoms with Gasteiger partial charge in [0, 0.05) is 47.2 Å².